The van der Waals surface area contributed by atoms with E-state index in [2.05, 4.69) is 11.7 Å². The minimum Gasteiger partial charge on any atom is -0.419 e. The lowest BCUT2D eigenvalue weighted by Gasteiger charge is -2.13. The van der Waals surface area contributed by atoms with Gasteiger partial charge in [0.25, 0.3) is 0 Å². The molecule has 0 N–H and O–H groups in total. The predicted molar refractivity (Wildman–Crippen MR) is 69.6 cm³/mol. The summed E-state index contributed by atoms with van der Waals surface area (Å²) in [6.45, 7) is 4.45. The molecule has 1 atom stereocenters. The molecule has 1 unspecified atom stereocenters. The van der Waals surface area contributed by atoms with Crippen LogP contribution in [0.4, 0.5) is 9.18 Å². The van der Waals surface area contributed by atoms with Crippen LogP contribution >= 0.6 is 0 Å². The summed E-state index contributed by atoms with van der Waals surface area (Å²) in [6, 6.07) is 4.34. The van der Waals surface area contributed by atoms with Crippen LogP contribution in [0.1, 0.15) is 18.0 Å². The molecule has 0 radical (unpaired) electrons. The number of ether oxygens (including phenoxy) is 1. The standard InChI is InChI=1S/C14H13FN2O3/c1-2-19-14(18)17-6-5-9(8-17)13-11-4-3-10(15)7-12(11)20-16-13/h2-4,7,9H,1,5-6,8H2. The number of amides is 1. The van der Waals surface area contributed by atoms with E-state index < -0.39 is 6.09 Å². The van der Waals surface area contributed by atoms with Crippen molar-refractivity contribution in [3.05, 3.63) is 42.6 Å². The normalized spacial score (nSPS) is 18.4. The monoisotopic (exact) mass is 276 g/mol. The van der Waals surface area contributed by atoms with Gasteiger partial charge in [0, 0.05) is 30.5 Å². The van der Waals surface area contributed by atoms with Gasteiger partial charge in [-0.25, -0.2) is 9.18 Å². The molecule has 0 bridgehead atoms. The first-order valence-corrected chi connectivity index (χ1v) is 6.30. The van der Waals surface area contributed by atoms with E-state index in [9.17, 15) is 9.18 Å². The minimum absolute atomic E-state index is 0.0686. The third-order valence-electron chi connectivity index (χ3n) is 3.48. The highest BCUT2D eigenvalue weighted by atomic mass is 19.1. The van der Waals surface area contributed by atoms with Crippen LogP contribution in [0.5, 0.6) is 0 Å². The van der Waals surface area contributed by atoms with Crippen LogP contribution in [-0.4, -0.2) is 29.2 Å². The molecule has 20 heavy (non-hydrogen) atoms. The molecule has 2 heterocycles. The average Bonchev–Trinajstić information content (AvgIpc) is 3.04. The predicted octanol–water partition coefficient (Wildman–Crippen LogP) is 3.04. The van der Waals surface area contributed by atoms with Crippen LogP contribution in [0.25, 0.3) is 11.0 Å². The Morgan fingerprint density at radius 3 is 3.25 bits per heavy atom. The van der Waals surface area contributed by atoms with Crippen LogP contribution in [0.3, 0.4) is 0 Å². The maximum Gasteiger partial charge on any atom is 0.414 e. The second-order valence-electron chi connectivity index (χ2n) is 4.69. The first kappa shape index (κ1) is 12.7. The summed E-state index contributed by atoms with van der Waals surface area (Å²) >= 11 is 0. The number of hydrogen-bond donors (Lipinski definition) is 0. The Morgan fingerprint density at radius 2 is 2.45 bits per heavy atom. The summed E-state index contributed by atoms with van der Waals surface area (Å²) in [5.74, 6) is -0.290. The van der Waals surface area contributed by atoms with Crippen molar-refractivity contribution in [3.63, 3.8) is 0 Å². The molecule has 0 aliphatic carbocycles. The van der Waals surface area contributed by atoms with Gasteiger partial charge in [-0.15, -0.1) is 0 Å². The van der Waals surface area contributed by atoms with E-state index >= 15 is 0 Å². The first-order chi connectivity index (χ1) is 9.69. The van der Waals surface area contributed by atoms with E-state index in [0.29, 0.717) is 18.7 Å². The number of carbonyl (C=O) groups excluding carboxylic acids is 1. The molecule has 1 amide bonds. The number of hydrogen-bond acceptors (Lipinski definition) is 4. The van der Waals surface area contributed by atoms with Crippen molar-refractivity contribution in [1.29, 1.82) is 0 Å². The van der Waals surface area contributed by atoms with Gasteiger partial charge >= 0.3 is 6.09 Å². The quantitative estimate of drug-likeness (QED) is 0.791. The van der Waals surface area contributed by atoms with Crippen molar-refractivity contribution < 1.29 is 18.4 Å². The molecular weight excluding hydrogens is 263 g/mol. The SMILES string of the molecule is C=COC(=O)N1CCC(c2noc3cc(F)ccc23)C1. The van der Waals surface area contributed by atoms with Crippen LogP contribution in [0.15, 0.2) is 35.6 Å². The highest BCUT2D eigenvalue weighted by Gasteiger charge is 2.31. The number of fused-ring (bicyclic) bond motifs is 1. The van der Waals surface area contributed by atoms with Crippen LogP contribution in [0, 0.1) is 5.82 Å². The van der Waals surface area contributed by atoms with E-state index in [0.717, 1.165) is 23.8 Å². The van der Waals surface area contributed by atoms with E-state index in [1.165, 1.54) is 12.1 Å². The van der Waals surface area contributed by atoms with Gasteiger partial charge in [-0.1, -0.05) is 11.7 Å². The van der Waals surface area contributed by atoms with Gasteiger partial charge in [-0.3, -0.25) is 0 Å². The molecule has 1 aromatic carbocycles. The molecule has 2 aromatic rings. The fourth-order valence-corrected chi connectivity index (χ4v) is 2.52. The van der Waals surface area contributed by atoms with E-state index in [4.69, 9.17) is 9.26 Å². The van der Waals surface area contributed by atoms with E-state index in [1.807, 2.05) is 0 Å². The van der Waals surface area contributed by atoms with Crippen LogP contribution in [-0.2, 0) is 4.74 Å². The summed E-state index contributed by atoms with van der Waals surface area (Å²) in [4.78, 5) is 13.2. The molecule has 0 saturated carbocycles. The van der Waals surface area contributed by atoms with Crippen molar-refractivity contribution in [2.45, 2.75) is 12.3 Å². The lowest BCUT2D eigenvalue weighted by atomic mass is 10.0. The number of aromatic nitrogens is 1. The minimum atomic E-state index is -0.415. The fourth-order valence-electron chi connectivity index (χ4n) is 2.52. The van der Waals surface area contributed by atoms with Crippen molar-refractivity contribution in [2.75, 3.05) is 13.1 Å². The number of carbonyl (C=O) groups is 1. The lowest BCUT2D eigenvalue weighted by molar-refractivity contribution is 0.147. The maximum absolute atomic E-state index is 13.1. The molecule has 104 valence electrons. The average molecular weight is 276 g/mol. The molecule has 3 rings (SSSR count). The molecule has 6 heteroatoms. The highest BCUT2D eigenvalue weighted by molar-refractivity contribution is 5.80. The second kappa shape index (κ2) is 4.96. The van der Waals surface area contributed by atoms with Gasteiger partial charge in [0.2, 0.25) is 0 Å². The Hall–Kier alpha value is -2.37. The Morgan fingerprint density at radius 1 is 1.60 bits per heavy atom. The fraction of sp³-hybridized carbons (Fsp3) is 0.286. The molecule has 1 saturated heterocycles. The number of halogens is 1. The molecular formula is C14H13FN2O3. The van der Waals surface area contributed by atoms with Gasteiger partial charge < -0.3 is 14.2 Å². The molecule has 5 nitrogen and oxygen atoms in total. The molecule has 1 aliphatic heterocycles. The number of nitrogens with zero attached hydrogens (tertiary/aromatic N) is 2. The lowest BCUT2D eigenvalue weighted by Crippen LogP contribution is -2.27. The van der Waals surface area contributed by atoms with Crippen LogP contribution < -0.4 is 0 Å². The summed E-state index contributed by atoms with van der Waals surface area (Å²) < 4.78 is 23.0. The van der Waals surface area contributed by atoms with Gasteiger partial charge in [0.05, 0.1) is 12.0 Å². The van der Waals surface area contributed by atoms with Gasteiger partial charge in [0.15, 0.2) is 5.58 Å². The highest BCUT2D eigenvalue weighted by Crippen LogP contribution is 2.32. The molecule has 0 spiro atoms. The van der Waals surface area contributed by atoms with Gasteiger partial charge in [-0.2, -0.15) is 0 Å². The summed E-state index contributed by atoms with van der Waals surface area (Å²) in [5.41, 5.74) is 1.18. The zero-order valence-corrected chi connectivity index (χ0v) is 10.7. The zero-order chi connectivity index (χ0) is 14.1. The number of benzene rings is 1. The number of likely N-dealkylation sites (tertiary alicyclic amines) is 1. The molecule has 1 aliphatic rings. The largest absolute Gasteiger partial charge is 0.419 e. The zero-order valence-electron chi connectivity index (χ0n) is 10.7. The topological polar surface area (TPSA) is 55.6 Å². The van der Waals surface area contributed by atoms with E-state index in [1.54, 1.807) is 11.0 Å². The number of rotatable bonds is 2. The Labute approximate surface area is 114 Å². The van der Waals surface area contributed by atoms with Crippen molar-refractivity contribution in [3.8, 4) is 0 Å². The third-order valence-corrected chi connectivity index (χ3v) is 3.48. The van der Waals surface area contributed by atoms with Crippen molar-refractivity contribution in [1.82, 2.24) is 10.1 Å². The van der Waals surface area contributed by atoms with Crippen LogP contribution in [0.2, 0.25) is 0 Å². The smallest absolute Gasteiger partial charge is 0.414 e. The maximum atomic E-state index is 13.1. The Balaban J connectivity index is 1.83. The van der Waals surface area contributed by atoms with E-state index in [-0.39, 0.29) is 11.7 Å². The van der Waals surface area contributed by atoms with Crippen molar-refractivity contribution in [2.24, 2.45) is 0 Å². The van der Waals surface area contributed by atoms with Gasteiger partial charge in [-0.05, 0) is 18.6 Å². The summed E-state index contributed by atoms with van der Waals surface area (Å²) in [6.07, 6.45) is 1.47. The Bertz CT molecular complexity index is 667. The molecule has 1 aromatic heterocycles. The summed E-state index contributed by atoms with van der Waals surface area (Å²) in [7, 11) is 0. The third kappa shape index (κ3) is 2.13. The van der Waals surface area contributed by atoms with Crippen molar-refractivity contribution >= 4 is 17.1 Å². The second-order valence-corrected chi connectivity index (χ2v) is 4.69. The molecule has 1 fully saturated rings. The summed E-state index contributed by atoms with van der Waals surface area (Å²) in [5, 5.41) is 4.80. The Kier molecular flexibility index (Phi) is 3.14. The first-order valence-electron chi connectivity index (χ1n) is 6.30. The van der Waals surface area contributed by atoms with Gasteiger partial charge in [0.1, 0.15) is 5.82 Å².